The summed E-state index contributed by atoms with van der Waals surface area (Å²) < 4.78 is 0.708. The van der Waals surface area contributed by atoms with E-state index < -0.39 is 0 Å². The van der Waals surface area contributed by atoms with E-state index in [4.69, 9.17) is 23.2 Å². The first-order valence-electron chi connectivity index (χ1n) is 5.90. The number of benzene rings is 1. The van der Waals surface area contributed by atoms with Crippen LogP contribution in [0.15, 0.2) is 41.8 Å². The van der Waals surface area contributed by atoms with Gasteiger partial charge in [0.2, 0.25) is 0 Å². The molecule has 7 heteroatoms. The van der Waals surface area contributed by atoms with Crippen molar-refractivity contribution in [2.75, 3.05) is 5.32 Å². The van der Waals surface area contributed by atoms with Crippen LogP contribution in [0.5, 0.6) is 0 Å². The van der Waals surface area contributed by atoms with Crippen LogP contribution >= 0.6 is 45.9 Å². The normalized spacial score (nSPS) is 10.6. The number of nitrogens with zero attached hydrogens (tertiary/aromatic N) is 1. The van der Waals surface area contributed by atoms with Crippen molar-refractivity contribution < 1.29 is 4.79 Å². The van der Waals surface area contributed by atoms with Crippen LogP contribution in [0.4, 0.5) is 5.13 Å². The van der Waals surface area contributed by atoms with Gasteiger partial charge in [0, 0.05) is 5.38 Å². The maximum Gasteiger partial charge on any atom is 0.258 e. The summed E-state index contributed by atoms with van der Waals surface area (Å²) in [6.45, 7) is 0. The van der Waals surface area contributed by atoms with E-state index in [2.05, 4.69) is 10.3 Å². The Hall–Kier alpha value is -1.40. The SMILES string of the molecule is O=C(Nc1nc(-c2ccc(Cl)s2)cs1)c1ccccc1Cl. The number of rotatable bonds is 3. The standard InChI is InChI=1S/C14H8Cl2N2OS2/c15-9-4-2-1-3-8(9)13(19)18-14-17-10(7-20-14)11-5-6-12(16)21-11/h1-7H,(H,17,18,19). The second kappa shape index (κ2) is 6.15. The number of anilines is 1. The molecule has 0 fully saturated rings. The van der Waals surface area contributed by atoms with Gasteiger partial charge >= 0.3 is 0 Å². The van der Waals surface area contributed by atoms with Gasteiger partial charge in [-0.2, -0.15) is 0 Å². The summed E-state index contributed by atoms with van der Waals surface area (Å²) >= 11 is 14.7. The lowest BCUT2D eigenvalue weighted by Gasteiger charge is -2.03. The Morgan fingerprint density at radius 2 is 1.95 bits per heavy atom. The largest absolute Gasteiger partial charge is 0.298 e. The summed E-state index contributed by atoms with van der Waals surface area (Å²) in [4.78, 5) is 17.5. The predicted molar refractivity (Wildman–Crippen MR) is 89.8 cm³/mol. The monoisotopic (exact) mass is 354 g/mol. The molecule has 1 aromatic carbocycles. The molecule has 1 amide bonds. The molecule has 0 aliphatic rings. The number of hydrogen-bond acceptors (Lipinski definition) is 4. The lowest BCUT2D eigenvalue weighted by Crippen LogP contribution is -2.12. The molecule has 0 atom stereocenters. The van der Waals surface area contributed by atoms with E-state index in [1.54, 1.807) is 24.3 Å². The van der Waals surface area contributed by atoms with E-state index in [-0.39, 0.29) is 5.91 Å². The summed E-state index contributed by atoms with van der Waals surface area (Å²) in [5, 5.41) is 5.57. The third kappa shape index (κ3) is 3.27. The van der Waals surface area contributed by atoms with E-state index in [1.165, 1.54) is 22.7 Å². The van der Waals surface area contributed by atoms with Gasteiger partial charge in [0.15, 0.2) is 5.13 Å². The minimum Gasteiger partial charge on any atom is -0.298 e. The highest BCUT2D eigenvalue weighted by atomic mass is 35.5. The predicted octanol–water partition coefficient (Wildman–Crippen LogP) is 5.43. The zero-order valence-electron chi connectivity index (χ0n) is 10.5. The first kappa shape index (κ1) is 14.5. The number of halogens is 2. The highest BCUT2D eigenvalue weighted by Crippen LogP contribution is 2.33. The van der Waals surface area contributed by atoms with Crippen molar-refractivity contribution in [1.29, 1.82) is 0 Å². The number of carbonyl (C=O) groups excluding carboxylic acids is 1. The van der Waals surface area contributed by atoms with Crippen LogP contribution in [0.3, 0.4) is 0 Å². The van der Waals surface area contributed by atoms with E-state index in [0.717, 1.165) is 10.6 Å². The molecule has 106 valence electrons. The fraction of sp³-hybridized carbons (Fsp3) is 0. The van der Waals surface area contributed by atoms with E-state index in [9.17, 15) is 4.79 Å². The summed E-state index contributed by atoms with van der Waals surface area (Å²) in [6, 6.07) is 10.6. The van der Waals surface area contributed by atoms with Crippen LogP contribution in [0.25, 0.3) is 10.6 Å². The first-order valence-corrected chi connectivity index (χ1v) is 8.36. The molecule has 3 aromatic rings. The summed E-state index contributed by atoms with van der Waals surface area (Å²) in [5.41, 5.74) is 1.22. The average molecular weight is 355 g/mol. The Balaban J connectivity index is 1.79. The molecule has 1 N–H and O–H groups in total. The topological polar surface area (TPSA) is 42.0 Å². The number of thiazole rings is 1. The van der Waals surface area contributed by atoms with Crippen LogP contribution in [0.2, 0.25) is 9.36 Å². The molecule has 0 saturated carbocycles. The number of hydrogen-bond donors (Lipinski definition) is 1. The van der Waals surface area contributed by atoms with Gasteiger partial charge in [0.05, 0.1) is 25.5 Å². The van der Waals surface area contributed by atoms with Crippen molar-refractivity contribution >= 4 is 56.9 Å². The molecule has 0 unspecified atom stereocenters. The molecular weight excluding hydrogens is 347 g/mol. The summed E-state index contributed by atoms with van der Waals surface area (Å²) in [5.74, 6) is -0.272. The number of thiophene rings is 1. The first-order chi connectivity index (χ1) is 10.1. The van der Waals surface area contributed by atoms with Crippen molar-refractivity contribution in [3.63, 3.8) is 0 Å². The molecule has 2 aromatic heterocycles. The lowest BCUT2D eigenvalue weighted by molar-refractivity contribution is 0.102. The van der Waals surface area contributed by atoms with Gasteiger partial charge in [-0.1, -0.05) is 35.3 Å². The fourth-order valence-corrected chi connectivity index (χ4v) is 3.71. The molecule has 0 saturated heterocycles. The molecule has 0 spiro atoms. The zero-order valence-corrected chi connectivity index (χ0v) is 13.6. The van der Waals surface area contributed by atoms with Crippen LogP contribution in [0.1, 0.15) is 10.4 Å². The van der Waals surface area contributed by atoms with Gasteiger partial charge in [-0.3, -0.25) is 10.1 Å². The van der Waals surface area contributed by atoms with Crippen LogP contribution in [0, 0.1) is 0 Å². The molecule has 2 heterocycles. The number of carbonyl (C=O) groups is 1. The molecule has 0 radical (unpaired) electrons. The second-order valence-electron chi connectivity index (χ2n) is 4.08. The smallest absolute Gasteiger partial charge is 0.258 e. The molecule has 3 rings (SSSR count). The minimum atomic E-state index is -0.272. The lowest BCUT2D eigenvalue weighted by atomic mass is 10.2. The van der Waals surface area contributed by atoms with E-state index >= 15 is 0 Å². The van der Waals surface area contributed by atoms with Crippen molar-refractivity contribution in [2.45, 2.75) is 0 Å². The van der Waals surface area contributed by atoms with Crippen LogP contribution in [-0.4, -0.2) is 10.9 Å². The minimum absolute atomic E-state index is 0.272. The molecule has 0 aliphatic heterocycles. The fourth-order valence-electron chi connectivity index (χ4n) is 1.71. The highest BCUT2D eigenvalue weighted by molar-refractivity contribution is 7.20. The second-order valence-corrected chi connectivity index (χ2v) is 7.06. The maximum atomic E-state index is 12.1. The zero-order chi connectivity index (χ0) is 14.8. The third-order valence-electron chi connectivity index (χ3n) is 2.67. The van der Waals surface area contributed by atoms with Crippen molar-refractivity contribution in [1.82, 2.24) is 4.98 Å². The van der Waals surface area contributed by atoms with Crippen molar-refractivity contribution in [3.8, 4) is 10.6 Å². The van der Waals surface area contributed by atoms with Gasteiger partial charge in [-0.25, -0.2) is 4.98 Å². The molecular formula is C14H8Cl2N2OS2. The number of aromatic nitrogens is 1. The number of amides is 1. The van der Waals surface area contributed by atoms with Gasteiger partial charge in [-0.15, -0.1) is 22.7 Å². The van der Waals surface area contributed by atoms with Crippen LogP contribution < -0.4 is 5.32 Å². The van der Waals surface area contributed by atoms with Gasteiger partial charge in [-0.05, 0) is 24.3 Å². The van der Waals surface area contributed by atoms with Gasteiger partial charge < -0.3 is 0 Å². The Kier molecular flexibility index (Phi) is 4.26. The highest BCUT2D eigenvalue weighted by Gasteiger charge is 2.13. The quantitative estimate of drug-likeness (QED) is 0.681. The van der Waals surface area contributed by atoms with Crippen molar-refractivity contribution in [3.05, 3.63) is 56.7 Å². The molecule has 21 heavy (non-hydrogen) atoms. The Morgan fingerprint density at radius 1 is 1.14 bits per heavy atom. The van der Waals surface area contributed by atoms with E-state index in [0.29, 0.717) is 20.1 Å². The Labute approximate surface area is 139 Å². The van der Waals surface area contributed by atoms with Gasteiger partial charge in [0.1, 0.15) is 0 Å². The van der Waals surface area contributed by atoms with E-state index in [1.807, 2.05) is 17.5 Å². The molecule has 3 nitrogen and oxygen atoms in total. The molecule has 0 aliphatic carbocycles. The maximum absolute atomic E-state index is 12.1. The third-order valence-corrected chi connectivity index (χ3v) is 5.01. The van der Waals surface area contributed by atoms with Gasteiger partial charge in [0.25, 0.3) is 5.91 Å². The Morgan fingerprint density at radius 3 is 2.67 bits per heavy atom. The van der Waals surface area contributed by atoms with Crippen LogP contribution in [-0.2, 0) is 0 Å². The summed E-state index contributed by atoms with van der Waals surface area (Å²) in [6.07, 6.45) is 0. The average Bonchev–Trinajstić information content (AvgIpc) is 3.08. The Bertz CT molecular complexity index is 798. The molecule has 0 bridgehead atoms. The summed E-state index contributed by atoms with van der Waals surface area (Å²) in [7, 11) is 0. The number of nitrogens with one attached hydrogen (secondary N) is 1. The van der Waals surface area contributed by atoms with Crippen molar-refractivity contribution in [2.24, 2.45) is 0 Å².